The summed E-state index contributed by atoms with van der Waals surface area (Å²) in [4.78, 5) is 34.2. The number of nitrogens with one attached hydrogen (secondary N) is 2. The van der Waals surface area contributed by atoms with Gasteiger partial charge in [-0.25, -0.2) is 4.79 Å². The molecule has 0 bridgehead atoms. The van der Waals surface area contributed by atoms with Gasteiger partial charge >= 0.3 is 6.09 Å². The molecule has 0 spiro atoms. The van der Waals surface area contributed by atoms with Crippen LogP contribution in [0, 0.1) is 0 Å². The van der Waals surface area contributed by atoms with Gasteiger partial charge in [0.05, 0.1) is 6.61 Å². The van der Waals surface area contributed by atoms with Crippen molar-refractivity contribution in [2.45, 2.75) is 25.5 Å². The lowest BCUT2D eigenvalue weighted by Gasteiger charge is -2.17. The second-order valence-electron chi connectivity index (χ2n) is 5.02. The first-order chi connectivity index (χ1) is 11.5. The molecule has 0 aromatic heterocycles. The van der Waals surface area contributed by atoms with Crippen LogP contribution in [0.15, 0.2) is 30.3 Å². The molecule has 0 saturated carbocycles. The lowest BCUT2D eigenvalue weighted by atomic mass is 10.2. The minimum atomic E-state index is -0.883. The number of likely N-dealkylation sites (N-methyl/N-ethyl adjacent to an activating group) is 1. The third-order valence-electron chi connectivity index (χ3n) is 3.06. The highest BCUT2D eigenvalue weighted by Gasteiger charge is 2.20. The van der Waals surface area contributed by atoms with Crippen molar-refractivity contribution < 1.29 is 23.9 Å². The van der Waals surface area contributed by atoms with E-state index in [1.54, 1.807) is 0 Å². The molecule has 1 rings (SSSR count). The van der Waals surface area contributed by atoms with Gasteiger partial charge < -0.3 is 25.8 Å². The standard InChI is InChI=1S/C16H23N3O5/c1-18-15(21)13(11-23-9-5-8-14(17)20)19-16(22)24-10-12-6-3-2-4-7-12/h2-4,6-7,13H,5,8-11H2,1H3,(H2,17,20)(H,18,21)(H,19,22)/t13-/m0/s1. The van der Waals surface area contributed by atoms with Crippen molar-refractivity contribution in [2.75, 3.05) is 20.3 Å². The SMILES string of the molecule is CNC(=O)[C@H](COCCCC(N)=O)NC(=O)OCc1ccccc1. The van der Waals surface area contributed by atoms with Crippen LogP contribution in [0.25, 0.3) is 0 Å². The number of hydrogen-bond acceptors (Lipinski definition) is 5. The number of primary amides is 1. The van der Waals surface area contributed by atoms with Crippen LogP contribution in [0.1, 0.15) is 18.4 Å². The normalized spacial score (nSPS) is 11.4. The molecule has 8 heteroatoms. The molecular weight excluding hydrogens is 314 g/mol. The van der Waals surface area contributed by atoms with Crippen LogP contribution < -0.4 is 16.4 Å². The Labute approximate surface area is 140 Å². The Morgan fingerprint density at radius 1 is 1.21 bits per heavy atom. The molecule has 0 fully saturated rings. The number of ether oxygens (including phenoxy) is 2. The fourth-order valence-electron chi connectivity index (χ4n) is 1.81. The van der Waals surface area contributed by atoms with E-state index in [1.807, 2.05) is 30.3 Å². The summed E-state index contributed by atoms with van der Waals surface area (Å²) in [6, 6.07) is 8.30. The highest BCUT2D eigenvalue weighted by molar-refractivity contribution is 5.85. The molecule has 24 heavy (non-hydrogen) atoms. The van der Waals surface area contributed by atoms with Crippen LogP contribution in [-0.2, 0) is 25.7 Å². The van der Waals surface area contributed by atoms with Gasteiger partial charge in [0.15, 0.2) is 0 Å². The van der Waals surface area contributed by atoms with Gasteiger partial charge in [-0.2, -0.15) is 0 Å². The van der Waals surface area contributed by atoms with E-state index >= 15 is 0 Å². The third-order valence-corrected chi connectivity index (χ3v) is 3.06. The highest BCUT2D eigenvalue weighted by atomic mass is 16.5. The van der Waals surface area contributed by atoms with Crippen LogP contribution in [0.5, 0.6) is 0 Å². The quantitative estimate of drug-likeness (QED) is 0.531. The molecule has 0 heterocycles. The van der Waals surface area contributed by atoms with Crippen molar-refractivity contribution in [1.29, 1.82) is 0 Å². The van der Waals surface area contributed by atoms with Crippen LogP contribution in [0.4, 0.5) is 4.79 Å². The summed E-state index contributed by atoms with van der Waals surface area (Å²) in [7, 11) is 1.46. The van der Waals surface area contributed by atoms with Gasteiger partial charge in [0.1, 0.15) is 12.6 Å². The second kappa shape index (κ2) is 11.0. The van der Waals surface area contributed by atoms with E-state index < -0.39 is 23.9 Å². The van der Waals surface area contributed by atoms with E-state index in [4.69, 9.17) is 15.2 Å². The topological polar surface area (TPSA) is 120 Å². The largest absolute Gasteiger partial charge is 0.445 e. The molecule has 0 aliphatic carbocycles. The summed E-state index contributed by atoms with van der Waals surface area (Å²) >= 11 is 0. The van der Waals surface area contributed by atoms with Gasteiger partial charge in [0, 0.05) is 20.1 Å². The van der Waals surface area contributed by atoms with E-state index in [1.165, 1.54) is 7.05 Å². The molecule has 8 nitrogen and oxygen atoms in total. The van der Waals surface area contributed by atoms with E-state index in [0.717, 1.165) is 5.56 Å². The zero-order chi connectivity index (χ0) is 17.8. The number of hydrogen-bond donors (Lipinski definition) is 3. The lowest BCUT2D eigenvalue weighted by molar-refractivity contribution is -0.124. The molecule has 0 aliphatic heterocycles. The lowest BCUT2D eigenvalue weighted by Crippen LogP contribution is -2.48. The Bertz CT molecular complexity index is 536. The van der Waals surface area contributed by atoms with Gasteiger partial charge in [-0.1, -0.05) is 30.3 Å². The summed E-state index contributed by atoms with van der Waals surface area (Å²) in [6.07, 6.45) is -0.0565. The first-order valence-corrected chi connectivity index (χ1v) is 7.57. The van der Waals surface area contributed by atoms with Gasteiger partial charge in [-0.3, -0.25) is 9.59 Å². The number of alkyl carbamates (subject to hydrolysis) is 1. The highest BCUT2D eigenvalue weighted by Crippen LogP contribution is 2.01. The van der Waals surface area contributed by atoms with Crippen molar-refractivity contribution in [2.24, 2.45) is 5.73 Å². The zero-order valence-electron chi connectivity index (χ0n) is 13.6. The Balaban J connectivity index is 2.36. The molecule has 132 valence electrons. The van der Waals surface area contributed by atoms with Crippen LogP contribution in [-0.4, -0.2) is 44.2 Å². The van der Waals surface area contributed by atoms with E-state index in [-0.39, 0.29) is 26.2 Å². The predicted octanol–water partition coefficient (Wildman–Crippen LogP) is 0.310. The predicted molar refractivity (Wildman–Crippen MR) is 86.9 cm³/mol. The molecule has 0 unspecified atom stereocenters. The minimum Gasteiger partial charge on any atom is -0.445 e. The summed E-state index contributed by atoms with van der Waals surface area (Å²) in [5, 5.41) is 4.89. The number of nitrogens with two attached hydrogens (primary N) is 1. The molecular formula is C16H23N3O5. The van der Waals surface area contributed by atoms with Crippen molar-refractivity contribution >= 4 is 17.9 Å². The molecule has 0 saturated heterocycles. The molecule has 0 radical (unpaired) electrons. The second-order valence-corrected chi connectivity index (χ2v) is 5.02. The average Bonchev–Trinajstić information content (AvgIpc) is 2.58. The fourth-order valence-corrected chi connectivity index (χ4v) is 1.81. The van der Waals surface area contributed by atoms with Crippen LogP contribution >= 0.6 is 0 Å². The minimum absolute atomic E-state index is 0.0289. The molecule has 1 aromatic rings. The Kier molecular flexibility index (Phi) is 8.91. The summed E-state index contributed by atoms with van der Waals surface area (Å²) in [6.45, 7) is 0.336. The first kappa shape index (κ1) is 19.4. The van der Waals surface area contributed by atoms with Crippen molar-refractivity contribution in [3.05, 3.63) is 35.9 Å². The van der Waals surface area contributed by atoms with Crippen LogP contribution in [0.2, 0.25) is 0 Å². The van der Waals surface area contributed by atoms with Crippen LogP contribution in [0.3, 0.4) is 0 Å². The monoisotopic (exact) mass is 337 g/mol. The maximum atomic E-state index is 11.8. The zero-order valence-corrected chi connectivity index (χ0v) is 13.6. The maximum Gasteiger partial charge on any atom is 0.408 e. The number of carbonyl (C=O) groups is 3. The Hall–Kier alpha value is -2.61. The van der Waals surface area contributed by atoms with E-state index in [0.29, 0.717) is 6.42 Å². The fraction of sp³-hybridized carbons (Fsp3) is 0.438. The first-order valence-electron chi connectivity index (χ1n) is 7.57. The maximum absolute atomic E-state index is 11.8. The molecule has 1 atom stereocenters. The van der Waals surface area contributed by atoms with Gasteiger partial charge in [-0.05, 0) is 12.0 Å². The molecule has 1 aromatic carbocycles. The smallest absolute Gasteiger partial charge is 0.408 e. The Morgan fingerprint density at radius 3 is 2.54 bits per heavy atom. The van der Waals surface area contributed by atoms with Crippen molar-refractivity contribution in [3.63, 3.8) is 0 Å². The third kappa shape index (κ3) is 8.14. The molecule has 3 amide bonds. The number of benzene rings is 1. The van der Waals surface area contributed by atoms with Crippen molar-refractivity contribution in [1.82, 2.24) is 10.6 Å². The van der Waals surface area contributed by atoms with Crippen molar-refractivity contribution in [3.8, 4) is 0 Å². The average molecular weight is 337 g/mol. The summed E-state index contributed by atoms with van der Waals surface area (Å²) in [5.74, 6) is -0.814. The summed E-state index contributed by atoms with van der Waals surface area (Å²) in [5.41, 5.74) is 5.86. The number of amides is 3. The number of carbonyl (C=O) groups excluding carboxylic acids is 3. The molecule has 0 aliphatic rings. The van der Waals surface area contributed by atoms with Gasteiger partial charge in [-0.15, -0.1) is 0 Å². The summed E-state index contributed by atoms with van der Waals surface area (Å²) < 4.78 is 10.4. The molecule has 4 N–H and O–H groups in total. The van der Waals surface area contributed by atoms with Gasteiger partial charge in [0.2, 0.25) is 11.8 Å². The Morgan fingerprint density at radius 2 is 1.92 bits per heavy atom. The van der Waals surface area contributed by atoms with Gasteiger partial charge in [0.25, 0.3) is 0 Å². The van der Waals surface area contributed by atoms with E-state index in [9.17, 15) is 14.4 Å². The van der Waals surface area contributed by atoms with E-state index in [2.05, 4.69) is 10.6 Å². The number of rotatable bonds is 10.